The van der Waals surface area contributed by atoms with Crippen molar-refractivity contribution in [1.29, 1.82) is 0 Å². The fraction of sp³-hybridized carbons (Fsp3) is 0.818. The Bertz CT molecular complexity index is 279. The molecule has 0 saturated carbocycles. The third kappa shape index (κ3) is 7.13. The lowest BCUT2D eigenvalue weighted by atomic mass is 10.0. The van der Waals surface area contributed by atoms with Gasteiger partial charge in [-0.05, 0) is 6.42 Å². The van der Waals surface area contributed by atoms with Crippen LogP contribution in [0.2, 0.25) is 0 Å². The fourth-order valence-electron chi connectivity index (χ4n) is 1.38. The van der Waals surface area contributed by atoms with E-state index in [1.807, 2.05) is 6.92 Å². The van der Waals surface area contributed by atoms with E-state index < -0.39 is 30.6 Å². The lowest BCUT2D eigenvalue weighted by Gasteiger charge is -2.14. The largest absolute Gasteiger partial charge is 0.490 e. The zero-order valence-corrected chi connectivity index (χ0v) is 10.3. The quantitative estimate of drug-likeness (QED) is 0.542. The topological polar surface area (TPSA) is 69.4 Å². The summed E-state index contributed by atoms with van der Waals surface area (Å²) < 4.78 is 39.6. The number of amides is 1. The van der Waals surface area contributed by atoms with Gasteiger partial charge >= 0.3 is 12.1 Å². The molecule has 7 heteroatoms. The summed E-state index contributed by atoms with van der Waals surface area (Å²) in [6.45, 7) is 1.40. The molecule has 0 aromatic rings. The molecule has 1 amide bonds. The smallest absolute Gasteiger partial charge is 0.458 e. The van der Waals surface area contributed by atoms with E-state index in [2.05, 4.69) is 4.74 Å². The number of primary amides is 1. The second-order valence-corrected chi connectivity index (χ2v) is 4.04. The molecule has 0 aliphatic rings. The predicted molar refractivity (Wildman–Crippen MR) is 58.5 cm³/mol. The number of esters is 1. The van der Waals surface area contributed by atoms with Crippen LogP contribution in [0.25, 0.3) is 0 Å². The molecule has 0 aromatic carbocycles. The van der Waals surface area contributed by atoms with Crippen molar-refractivity contribution < 1.29 is 27.5 Å². The monoisotopic (exact) mass is 269 g/mol. The average molecular weight is 269 g/mol. The summed E-state index contributed by atoms with van der Waals surface area (Å²) in [6.07, 6.45) is -1.18. The zero-order chi connectivity index (χ0) is 14.2. The van der Waals surface area contributed by atoms with Crippen molar-refractivity contribution in [2.75, 3.05) is 6.61 Å². The number of rotatable bonds is 8. The van der Waals surface area contributed by atoms with Gasteiger partial charge < -0.3 is 10.5 Å². The highest BCUT2D eigenvalue weighted by molar-refractivity contribution is 5.78. The SMILES string of the molecule is CCCCCCC(COC(=O)C(F)(F)F)C(N)=O. The van der Waals surface area contributed by atoms with Crippen molar-refractivity contribution in [3.05, 3.63) is 0 Å². The van der Waals surface area contributed by atoms with E-state index in [1.165, 1.54) is 0 Å². The standard InChI is InChI=1S/C11H18F3NO3/c1-2-3-4-5-6-8(9(15)16)7-18-10(17)11(12,13)14/h8H,2-7H2,1H3,(H2,15,16). The lowest BCUT2D eigenvalue weighted by molar-refractivity contribution is -0.201. The number of halogens is 3. The minimum absolute atomic E-state index is 0.334. The molecule has 1 unspecified atom stereocenters. The molecule has 0 radical (unpaired) electrons. The Balaban J connectivity index is 4.05. The molecule has 0 heterocycles. The molecular weight excluding hydrogens is 251 g/mol. The molecule has 18 heavy (non-hydrogen) atoms. The first-order valence-corrected chi connectivity index (χ1v) is 5.82. The Morgan fingerprint density at radius 1 is 1.22 bits per heavy atom. The molecule has 2 N–H and O–H groups in total. The number of hydrogen-bond acceptors (Lipinski definition) is 3. The highest BCUT2D eigenvalue weighted by atomic mass is 19.4. The number of nitrogens with two attached hydrogens (primary N) is 1. The van der Waals surface area contributed by atoms with Gasteiger partial charge in [-0.2, -0.15) is 13.2 Å². The first-order valence-electron chi connectivity index (χ1n) is 5.82. The normalized spacial score (nSPS) is 13.1. The minimum atomic E-state index is -5.04. The highest BCUT2D eigenvalue weighted by Gasteiger charge is 2.41. The zero-order valence-electron chi connectivity index (χ0n) is 10.3. The summed E-state index contributed by atoms with van der Waals surface area (Å²) in [6, 6.07) is 0. The van der Waals surface area contributed by atoms with E-state index in [0.29, 0.717) is 12.8 Å². The molecule has 0 fully saturated rings. The van der Waals surface area contributed by atoms with Crippen LogP contribution in [0.4, 0.5) is 13.2 Å². The van der Waals surface area contributed by atoms with Crippen LogP contribution in [0.3, 0.4) is 0 Å². The second-order valence-electron chi connectivity index (χ2n) is 4.04. The summed E-state index contributed by atoms with van der Waals surface area (Å²) in [5.41, 5.74) is 5.04. The first-order chi connectivity index (χ1) is 8.29. The Labute approximate surface area is 104 Å². The number of unbranched alkanes of at least 4 members (excludes halogenated alkanes) is 3. The Morgan fingerprint density at radius 2 is 1.83 bits per heavy atom. The molecule has 4 nitrogen and oxygen atoms in total. The van der Waals surface area contributed by atoms with Crippen LogP contribution >= 0.6 is 0 Å². The third-order valence-corrected chi connectivity index (χ3v) is 2.46. The van der Waals surface area contributed by atoms with Crippen LogP contribution in [0, 0.1) is 5.92 Å². The Kier molecular flexibility index (Phi) is 7.38. The van der Waals surface area contributed by atoms with E-state index >= 15 is 0 Å². The molecular formula is C11H18F3NO3. The van der Waals surface area contributed by atoms with Crippen LogP contribution in [-0.2, 0) is 14.3 Å². The molecule has 0 saturated heterocycles. The van der Waals surface area contributed by atoms with Crippen LogP contribution in [0.15, 0.2) is 0 Å². The summed E-state index contributed by atoms with van der Waals surface area (Å²) in [7, 11) is 0. The highest BCUT2D eigenvalue weighted by Crippen LogP contribution is 2.18. The first kappa shape index (κ1) is 16.7. The van der Waals surface area contributed by atoms with Crippen LogP contribution in [0.5, 0.6) is 0 Å². The maximum Gasteiger partial charge on any atom is 0.490 e. The van der Waals surface area contributed by atoms with E-state index in [9.17, 15) is 22.8 Å². The van der Waals surface area contributed by atoms with Gasteiger partial charge in [0, 0.05) is 0 Å². The molecule has 0 aliphatic heterocycles. The maximum absolute atomic E-state index is 11.9. The minimum Gasteiger partial charge on any atom is -0.458 e. The van der Waals surface area contributed by atoms with Crippen molar-refractivity contribution in [2.24, 2.45) is 11.7 Å². The van der Waals surface area contributed by atoms with Crippen LogP contribution in [-0.4, -0.2) is 24.7 Å². The Hall–Kier alpha value is -1.27. The maximum atomic E-state index is 11.9. The van der Waals surface area contributed by atoms with Gasteiger partial charge in [-0.1, -0.05) is 32.6 Å². The van der Waals surface area contributed by atoms with Gasteiger partial charge in [-0.3, -0.25) is 4.79 Å². The van der Waals surface area contributed by atoms with E-state index in [4.69, 9.17) is 5.73 Å². The van der Waals surface area contributed by atoms with E-state index in [-0.39, 0.29) is 0 Å². The summed E-state index contributed by atoms with van der Waals surface area (Å²) in [5.74, 6) is -3.89. The van der Waals surface area contributed by atoms with E-state index in [0.717, 1.165) is 19.3 Å². The summed E-state index contributed by atoms with van der Waals surface area (Å²) in [4.78, 5) is 21.4. The van der Waals surface area contributed by atoms with Gasteiger partial charge in [0.1, 0.15) is 6.61 Å². The van der Waals surface area contributed by atoms with Crippen molar-refractivity contribution in [2.45, 2.75) is 45.2 Å². The van der Waals surface area contributed by atoms with Gasteiger partial charge in [0.15, 0.2) is 0 Å². The molecule has 0 rings (SSSR count). The van der Waals surface area contributed by atoms with Gasteiger partial charge in [0.05, 0.1) is 5.92 Å². The van der Waals surface area contributed by atoms with E-state index in [1.54, 1.807) is 0 Å². The summed E-state index contributed by atoms with van der Waals surface area (Å²) in [5, 5.41) is 0. The van der Waals surface area contributed by atoms with Crippen LogP contribution in [0.1, 0.15) is 39.0 Å². The number of carbonyl (C=O) groups excluding carboxylic acids is 2. The van der Waals surface area contributed by atoms with Crippen molar-refractivity contribution in [3.8, 4) is 0 Å². The van der Waals surface area contributed by atoms with Crippen molar-refractivity contribution in [3.63, 3.8) is 0 Å². The fourth-order valence-corrected chi connectivity index (χ4v) is 1.38. The molecule has 0 aliphatic carbocycles. The predicted octanol–water partition coefficient (Wildman–Crippen LogP) is 2.16. The lowest BCUT2D eigenvalue weighted by Crippen LogP contribution is -2.32. The molecule has 1 atom stereocenters. The Morgan fingerprint density at radius 3 is 2.28 bits per heavy atom. The molecule has 106 valence electrons. The number of ether oxygens (including phenoxy) is 1. The molecule has 0 bridgehead atoms. The number of alkyl halides is 3. The van der Waals surface area contributed by atoms with Gasteiger partial charge in [-0.15, -0.1) is 0 Å². The average Bonchev–Trinajstić information content (AvgIpc) is 2.25. The van der Waals surface area contributed by atoms with Gasteiger partial charge in [-0.25, -0.2) is 4.79 Å². The molecule has 0 aromatic heterocycles. The number of hydrogen-bond donors (Lipinski definition) is 1. The van der Waals surface area contributed by atoms with Crippen molar-refractivity contribution >= 4 is 11.9 Å². The van der Waals surface area contributed by atoms with Gasteiger partial charge in [0.2, 0.25) is 5.91 Å². The van der Waals surface area contributed by atoms with Gasteiger partial charge in [0.25, 0.3) is 0 Å². The van der Waals surface area contributed by atoms with Crippen molar-refractivity contribution in [1.82, 2.24) is 0 Å². The summed E-state index contributed by atoms with van der Waals surface area (Å²) >= 11 is 0. The number of carbonyl (C=O) groups is 2. The van der Waals surface area contributed by atoms with Crippen LogP contribution < -0.4 is 5.73 Å². The second kappa shape index (κ2) is 7.94. The third-order valence-electron chi connectivity index (χ3n) is 2.46. The molecule has 0 spiro atoms.